The Labute approximate surface area is 211 Å². The summed E-state index contributed by atoms with van der Waals surface area (Å²) < 4.78 is 10.6. The van der Waals surface area contributed by atoms with E-state index in [4.69, 9.17) is 44.3 Å². The number of hydrogen-bond acceptors (Lipinski definition) is 5. The summed E-state index contributed by atoms with van der Waals surface area (Å²) in [5, 5.41) is 1.51. The number of benzene rings is 3. The van der Waals surface area contributed by atoms with Crippen LogP contribution >= 0.6 is 34.8 Å². The maximum absolute atomic E-state index is 13.0. The second kappa shape index (κ2) is 12.4. The Balaban J connectivity index is 1.60. The fourth-order valence-electron chi connectivity index (χ4n) is 2.93. The van der Waals surface area contributed by atoms with Crippen LogP contribution in [0.2, 0.25) is 15.1 Å². The minimum absolute atomic E-state index is 0.0497. The maximum Gasteiger partial charge on any atom is 0.338 e. The molecule has 0 aliphatic carbocycles. The van der Waals surface area contributed by atoms with E-state index >= 15 is 0 Å². The van der Waals surface area contributed by atoms with Gasteiger partial charge in [-0.1, -0.05) is 34.8 Å². The number of rotatable bonds is 9. The van der Waals surface area contributed by atoms with Gasteiger partial charge < -0.3 is 14.4 Å². The third-order valence-corrected chi connectivity index (χ3v) is 5.48. The minimum Gasteiger partial charge on any atom is -0.460 e. The average molecular weight is 521 g/mol. The summed E-state index contributed by atoms with van der Waals surface area (Å²) >= 11 is 17.6. The van der Waals surface area contributed by atoms with E-state index in [1.807, 2.05) is 0 Å². The molecule has 0 bridgehead atoms. The van der Waals surface area contributed by atoms with Crippen LogP contribution in [0.4, 0.5) is 0 Å². The third-order valence-electron chi connectivity index (χ3n) is 4.73. The summed E-state index contributed by atoms with van der Waals surface area (Å²) in [7, 11) is 0. The maximum atomic E-state index is 13.0. The van der Waals surface area contributed by atoms with E-state index in [1.165, 1.54) is 4.90 Å². The van der Waals surface area contributed by atoms with Gasteiger partial charge >= 0.3 is 11.9 Å². The quantitative estimate of drug-likeness (QED) is 0.333. The molecule has 0 heterocycles. The van der Waals surface area contributed by atoms with Crippen LogP contribution in [0.5, 0.6) is 0 Å². The van der Waals surface area contributed by atoms with E-state index in [-0.39, 0.29) is 32.2 Å². The van der Waals surface area contributed by atoms with E-state index in [2.05, 4.69) is 0 Å². The van der Waals surface area contributed by atoms with Crippen molar-refractivity contribution in [3.05, 3.63) is 105 Å². The van der Waals surface area contributed by atoms with Gasteiger partial charge in [-0.2, -0.15) is 0 Å². The minimum atomic E-state index is -0.537. The Kier molecular flexibility index (Phi) is 9.33. The topological polar surface area (TPSA) is 72.9 Å². The Hall–Kier alpha value is -3.06. The van der Waals surface area contributed by atoms with Crippen molar-refractivity contribution in [1.29, 1.82) is 0 Å². The highest BCUT2D eigenvalue weighted by atomic mass is 35.5. The molecule has 1 amide bonds. The number of hydrogen-bond donors (Lipinski definition) is 0. The van der Waals surface area contributed by atoms with Crippen molar-refractivity contribution in [3.8, 4) is 0 Å². The lowest BCUT2D eigenvalue weighted by Crippen LogP contribution is -2.37. The van der Waals surface area contributed by atoms with Crippen LogP contribution in [0, 0.1) is 0 Å². The first-order valence-electron chi connectivity index (χ1n) is 10.2. The van der Waals surface area contributed by atoms with Crippen LogP contribution < -0.4 is 0 Å². The van der Waals surface area contributed by atoms with Crippen LogP contribution in [0.1, 0.15) is 31.1 Å². The molecule has 34 heavy (non-hydrogen) atoms. The van der Waals surface area contributed by atoms with Gasteiger partial charge in [-0.3, -0.25) is 4.79 Å². The van der Waals surface area contributed by atoms with E-state index in [1.54, 1.807) is 72.8 Å². The normalized spacial score (nSPS) is 10.4. The molecule has 0 N–H and O–H groups in total. The fraction of sp³-hybridized carbons (Fsp3) is 0.160. The summed E-state index contributed by atoms with van der Waals surface area (Å²) in [4.78, 5) is 38.9. The SMILES string of the molecule is O=C(OCCN(CCOC(=O)c1ccc(Cl)cc1)C(=O)c1ccc(Cl)cc1)c1ccc(Cl)cc1. The molecule has 3 aromatic carbocycles. The molecule has 3 rings (SSSR count). The Bertz CT molecular complexity index is 1070. The standard InChI is InChI=1S/C25H20Cl3NO5/c26-20-7-1-17(2-8-20)23(30)29(13-15-33-24(31)18-3-9-21(27)10-4-18)14-16-34-25(32)19-5-11-22(28)12-6-19/h1-12H,13-16H2. The molecule has 0 spiro atoms. The van der Waals surface area contributed by atoms with Gasteiger partial charge in [0.05, 0.1) is 24.2 Å². The molecule has 0 unspecified atom stereocenters. The summed E-state index contributed by atoms with van der Waals surface area (Å²) in [5.74, 6) is -1.39. The molecule has 6 nitrogen and oxygen atoms in total. The van der Waals surface area contributed by atoms with E-state index in [0.29, 0.717) is 31.8 Å². The fourth-order valence-corrected chi connectivity index (χ4v) is 3.30. The predicted octanol–water partition coefficient (Wildman–Crippen LogP) is 5.80. The molecule has 0 aliphatic heterocycles. The number of halogens is 3. The molecule has 3 aromatic rings. The zero-order chi connectivity index (χ0) is 24.5. The predicted molar refractivity (Wildman–Crippen MR) is 131 cm³/mol. The van der Waals surface area contributed by atoms with Gasteiger partial charge in [-0.25, -0.2) is 9.59 Å². The lowest BCUT2D eigenvalue weighted by Gasteiger charge is -2.22. The zero-order valence-corrected chi connectivity index (χ0v) is 20.1. The van der Waals surface area contributed by atoms with Crippen LogP contribution in [-0.2, 0) is 9.47 Å². The molecule has 0 saturated carbocycles. The van der Waals surface area contributed by atoms with Crippen molar-refractivity contribution in [1.82, 2.24) is 4.90 Å². The van der Waals surface area contributed by atoms with Crippen LogP contribution in [-0.4, -0.2) is 49.0 Å². The summed E-state index contributed by atoms with van der Waals surface area (Å²) in [6.07, 6.45) is 0. The molecular weight excluding hydrogens is 501 g/mol. The summed E-state index contributed by atoms with van der Waals surface area (Å²) in [5.41, 5.74) is 1.09. The number of carbonyl (C=O) groups is 3. The zero-order valence-electron chi connectivity index (χ0n) is 17.9. The van der Waals surface area contributed by atoms with E-state index in [0.717, 1.165) is 0 Å². The Morgan fingerprint density at radius 2 is 0.882 bits per heavy atom. The largest absolute Gasteiger partial charge is 0.460 e. The van der Waals surface area contributed by atoms with Crippen molar-refractivity contribution >= 4 is 52.6 Å². The molecule has 0 aliphatic rings. The van der Waals surface area contributed by atoms with Gasteiger partial charge in [0.2, 0.25) is 0 Å². The smallest absolute Gasteiger partial charge is 0.338 e. The van der Waals surface area contributed by atoms with E-state index < -0.39 is 11.9 Å². The summed E-state index contributed by atoms with van der Waals surface area (Å²) in [6.45, 7) is 0.0937. The lowest BCUT2D eigenvalue weighted by molar-refractivity contribution is 0.0362. The monoisotopic (exact) mass is 519 g/mol. The molecule has 176 valence electrons. The van der Waals surface area contributed by atoms with Gasteiger partial charge in [0.15, 0.2) is 0 Å². The van der Waals surface area contributed by atoms with Crippen LogP contribution in [0.3, 0.4) is 0 Å². The highest BCUT2D eigenvalue weighted by Gasteiger charge is 2.18. The molecule has 9 heteroatoms. The number of amides is 1. The number of nitrogens with zero attached hydrogens (tertiary/aromatic N) is 1. The van der Waals surface area contributed by atoms with Crippen molar-refractivity contribution < 1.29 is 23.9 Å². The lowest BCUT2D eigenvalue weighted by atomic mass is 10.2. The first-order chi connectivity index (χ1) is 16.3. The molecule has 0 aromatic heterocycles. The average Bonchev–Trinajstić information content (AvgIpc) is 2.83. The van der Waals surface area contributed by atoms with Gasteiger partial charge in [0.1, 0.15) is 13.2 Å². The second-order valence-corrected chi connectivity index (χ2v) is 8.39. The molecule has 0 saturated heterocycles. The molecule has 0 radical (unpaired) electrons. The Morgan fingerprint density at radius 3 is 1.24 bits per heavy atom. The van der Waals surface area contributed by atoms with Gasteiger partial charge in [-0.05, 0) is 72.8 Å². The van der Waals surface area contributed by atoms with Crippen LogP contribution in [0.25, 0.3) is 0 Å². The molecular formula is C25H20Cl3NO5. The van der Waals surface area contributed by atoms with Crippen molar-refractivity contribution in [2.75, 3.05) is 26.3 Å². The van der Waals surface area contributed by atoms with Crippen molar-refractivity contribution in [2.24, 2.45) is 0 Å². The van der Waals surface area contributed by atoms with Gasteiger partial charge in [-0.15, -0.1) is 0 Å². The van der Waals surface area contributed by atoms with Crippen LogP contribution in [0.15, 0.2) is 72.8 Å². The number of carbonyl (C=O) groups excluding carboxylic acids is 3. The first-order valence-corrected chi connectivity index (χ1v) is 11.4. The highest BCUT2D eigenvalue weighted by molar-refractivity contribution is 6.31. The third kappa shape index (κ3) is 7.48. The van der Waals surface area contributed by atoms with Gasteiger partial charge in [0.25, 0.3) is 5.91 Å². The number of ether oxygens (including phenoxy) is 2. The molecule has 0 atom stereocenters. The van der Waals surface area contributed by atoms with Crippen molar-refractivity contribution in [2.45, 2.75) is 0 Å². The first kappa shape index (κ1) is 25.6. The molecule has 0 fully saturated rings. The van der Waals surface area contributed by atoms with Crippen molar-refractivity contribution in [3.63, 3.8) is 0 Å². The number of esters is 2. The Morgan fingerprint density at radius 1 is 0.559 bits per heavy atom. The second-order valence-electron chi connectivity index (χ2n) is 7.08. The highest BCUT2D eigenvalue weighted by Crippen LogP contribution is 2.14. The van der Waals surface area contributed by atoms with E-state index in [9.17, 15) is 14.4 Å². The van der Waals surface area contributed by atoms with Gasteiger partial charge in [0, 0.05) is 20.6 Å². The summed E-state index contributed by atoms with van der Waals surface area (Å²) in [6, 6.07) is 19.0.